The molecular weight excluding hydrogens is 273 g/mol. The van der Waals surface area contributed by atoms with Crippen LogP contribution in [0.4, 0.5) is 0 Å². The summed E-state index contributed by atoms with van der Waals surface area (Å²) < 4.78 is 1.02. The lowest BCUT2D eigenvalue weighted by Crippen LogP contribution is -2.23. The Kier molecular flexibility index (Phi) is 5.10. The second-order valence-electron chi connectivity index (χ2n) is 4.19. The molecule has 0 bridgehead atoms. The molecule has 0 amide bonds. The van der Waals surface area contributed by atoms with Gasteiger partial charge in [0.25, 0.3) is 0 Å². The molecule has 1 unspecified atom stereocenters. The summed E-state index contributed by atoms with van der Waals surface area (Å²) in [5, 5.41) is 4.27. The summed E-state index contributed by atoms with van der Waals surface area (Å²) in [6, 6.07) is 6.32. The number of benzene rings is 1. The highest BCUT2D eigenvalue weighted by atomic mass is 79.9. The van der Waals surface area contributed by atoms with Crippen LogP contribution in [0.5, 0.6) is 0 Å². The Balaban J connectivity index is 2.69. The number of halogens is 2. The smallest absolute Gasteiger partial charge is 0.0464 e. The van der Waals surface area contributed by atoms with Gasteiger partial charge in [0.1, 0.15) is 0 Å². The van der Waals surface area contributed by atoms with Gasteiger partial charge in [0.15, 0.2) is 0 Å². The van der Waals surface area contributed by atoms with Gasteiger partial charge in [-0.1, -0.05) is 47.4 Å². The second kappa shape index (κ2) is 5.88. The first kappa shape index (κ1) is 13.0. The van der Waals surface area contributed by atoms with Crippen molar-refractivity contribution in [2.24, 2.45) is 5.92 Å². The van der Waals surface area contributed by atoms with Gasteiger partial charge in [-0.2, -0.15) is 0 Å². The number of hydrogen-bond donors (Lipinski definition) is 1. The molecule has 84 valence electrons. The summed E-state index contributed by atoms with van der Waals surface area (Å²) in [7, 11) is 0. The lowest BCUT2D eigenvalue weighted by Gasteiger charge is -2.17. The van der Waals surface area contributed by atoms with Crippen molar-refractivity contribution in [3.63, 3.8) is 0 Å². The van der Waals surface area contributed by atoms with E-state index in [0.717, 1.165) is 21.6 Å². The molecule has 1 rings (SSSR count). The Morgan fingerprint density at radius 1 is 1.33 bits per heavy atom. The third-order valence-electron chi connectivity index (χ3n) is 2.26. The van der Waals surface area contributed by atoms with E-state index in [0.29, 0.717) is 12.0 Å². The minimum absolute atomic E-state index is 0.299. The van der Waals surface area contributed by atoms with E-state index in [1.54, 1.807) is 0 Å². The molecule has 0 aliphatic carbocycles. The molecule has 15 heavy (non-hydrogen) atoms. The van der Waals surface area contributed by atoms with Gasteiger partial charge < -0.3 is 5.32 Å². The van der Waals surface area contributed by atoms with Crippen molar-refractivity contribution in [3.8, 4) is 0 Å². The van der Waals surface area contributed by atoms with Crippen molar-refractivity contribution in [1.82, 2.24) is 5.32 Å². The normalized spacial score (nSPS) is 13.2. The highest BCUT2D eigenvalue weighted by molar-refractivity contribution is 9.10. The maximum Gasteiger partial charge on any atom is 0.0464 e. The molecule has 0 aromatic heterocycles. The van der Waals surface area contributed by atoms with E-state index in [-0.39, 0.29) is 0 Å². The van der Waals surface area contributed by atoms with E-state index in [4.69, 9.17) is 11.6 Å². The van der Waals surface area contributed by atoms with Crippen LogP contribution in [-0.2, 0) is 0 Å². The Morgan fingerprint density at radius 2 is 2.00 bits per heavy atom. The molecule has 1 atom stereocenters. The Hall–Kier alpha value is -0.0500. The van der Waals surface area contributed by atoms with Crippen LogP contribution in [0, 0.1) is 5.92 Å². The second-order valence-corrected chi connectivity index (χ2v) is 5.51. The Morgan fingerprint density at radius 3 is 2.53 bits per heavy atom. The molecule has 0 saturated carbocycles. The number of rotatable bonds is 4. The fourth-order valence-corrected chi connectivity index (χ4v) is 2.21. The summed E-state index contributed by atoms with van der Waals surface area (Å²) in [5.74, 6) is 0.654. The SMILES string of the molecule is CC(C)CNC(C)c1ccc(Br)cc1Cl. The quantitative estimate of drug-likeness (QED) is 0.866. The predicted molar refractivity (Wildman–Crippen MR) is 70.4 cm³/mol. The maximum absolute atomic E-state index is 6.17. The topological polar surface area (TPSA) is 12.0 Å². The van der Waals surface area contributed by atoms with Gasteiger partial charge in [0, 0.05) is 15.5 Å². The minimum atomic E-state index is 0.299. The molecule has 1 aromatic carbocycles. The van der Waals surface area contributed by atoms with Crippen molar-refractivity contribution < 1.29 is 0 Å². The van der Waals surface area contributed by atoms with Gasteiger partial charge in [0.05, 0.1) is 0 Å². The van der Waals surface area contributed by atoms with Crippen molar-refractivity contribution in [2.75, 3.05) is 6.54 Å². The van der Waals surface area contributed by atoms with Crippen LogP contribution in [0.3, 0.4) is 0 Å². The molecular formula is C12H17BrClN. The summed E-state index contributed by atoms with van der Waals surface area (Å²) in [4.78, 5) is 0. The average molecular weight is 291 g/mol. The third-order valence-corrected chi connectivity index (χ3v) is 3.08. The van der Waals surface area contributed by atoms with Gasteiger partial charge >= 0.3 is 0 Å². The van der Waals surface area contributed by atoms with Crippen LogP contribution in [0.2, 0.25) is 5.02 Å². The van der Waals surface area contributed by atoms with Gasteiger partial charge in [-0.15, -0.1) is 0 Å². The highest BCUT2D eigenvalue weighted by Crippen LogP contribution is 2.26. The zero-order valence-electron chi connectivity index (χ0n) is 9.35. The molecule has 1 aromatic rings. The Bertz CT molecular complexity index is 325. The van der Waals surface area contributed by atoms with E-state index >= 15 is 0 Å². The molecule has 0 saturated heterocycles. The van der Waals surface area contributed by atoms with Gasteiger partial charge in [-0.05, 0) is 37.1 Å². The molecule has 0 aliphatic heterocycles. The molecule has 0 spiro atoms. The molecule has 0 heterocycles. The van der Waals surface area contributed by atoms with Crippen molar-refractivity contribution in [2.45, 2.75) is 26.8 Å². The van der Waals surface area contributed by atoms with Crippen LogP contribution in [0.1, 0.15) is 32.4 Å². The monoisotopic (exact) mass is 289 g/mol. The zero-order chi connectivity index (χ0) is 11.4. The number of hydrogen-bond acceptors (Lipinski definition) is 1. The zero-order valence-corrected chi connectivity index (χ0v) is 11.7. The summed E-state index contributed by atoms with van der Waals surface area (Å²) in [6.07, 6.45) is 0. The molecule has 1 nitrogen and oxygen atoms in total. The fourth-order valence-electron chi connectivity index (χ4n) is 1.38. The molecule has 1 N–H and O–H groups in total. The van der Waals surface area contributed by atoms with E-state index in [2.05, 4.69) is 48.1 Å². The van der Waals surface area contributed by atoms with Gasteiger partial charge in [-0.3, -0.25) is 0 Å². The van der Waals surface area contributed by atoms with Crippen molar-refractivity contribution >= 4 is 27.5 Å². The minimum Gasteiger partial charge on any atom is -0.310 e. The summed E-state index contributed by atoms with van der Waals surface area (Å²) in [5.41, 5.74) is 1.15. The largest absolute Gasteiger partial charge is 0.310 e. The fraction of sp³-hybridized carbons (Fsp3) is 0.500. The first-order valence-corrected chi connectivity index (χ1v) is 6.36. The lowest BCUT2D eigenvalue weighted by atomic mass is 10.1. The summed E-state index contributed by atoms with van der Waals surface area (Å²) in [6.45, 7) is 7.54. The molecule has 0 fully saturated rings. The van der Waals surface area contributed by atoms with Gasteiger partial charge in [0.2, 0.25) is 0 Å². The standard InChI is InChI=1S/C12H17BrClN/c1-8(2)7-15-9(3)11-5-4-10(13)6-12(11)14/h4-6,8-9,15H,7H2,1-3H3. The first-order valence-electron chi connectivity index (χ1n) is 5.19. The first-order chi connectivity index (χ1) is 7.00. The van der Waals surface area contributed by atoms with E-state index < -0.39 is 0 Å². The number of nitrogens with one attached hydrogen (secondary N) is 1. The van der Waals surface area contributed by atoms with E-state index in [1.165, 1.54) is 0 Å². The van der Waals surface area contributed by atoms with Crippen LogP contribution in [0.25, 0.3) is 0 Å². The molecule has 3 heteroatoms. The van der Waals surface area contributed by atoms with Crippen LogP contribution < -0.4 is 5.32 Å². The van der Waals surface area contributed by atoms with Gasteiger partial charge in [-0.25, -0.2) is 0 Å². The van der Waals surface area contributed by atoms with E-state index in [1.807, 2.05) is 12.1 Å². The Labute approximate surface area is 105 Å². The van der Waals surface area contributed by atoms with Crippen molar-refractivity contribution in [1.29, 1.82) is 0 Å². The third kappa shape index (κ3) is 4.13. The van der Waals surface area contributed by atoms with Crippen LogP contribution in [-0.4, -0.2) is 6.54 Å². The predicted octanol–water partition coefficient (Wildman–Crippen LogP) is 4.41. The van der Waals surface area contributed by atoms with Crippen LogP contribution >= 0.6 is 27.5 Å². The lowest BCUT2D eigenvalue weighted by molar-refractivity contribution is 0.496. The van der Waals surface area contributed by atoms with E-state index in [9.17, 15) is 0 Å². The maximum atomic E-state index is 6.17. The van der Waals surface area contributed by atoms with Crippen molar-refractivity contribution in [3.05, 3.63) is 33.3 Å². The molecule has 0 aliphatic rings. The average Bonchev–Trinajstić information content (AvgIpc) is 2.14. The highest BCUT2D eigenvalue weighted by Gasteiger charge is 2.09. The summed E-state index contributed by atoms with van der Waals surface area (Å²) >= 11 is 9.57. The van der Waals surface area contributed by atoms with Crippen LogP contribution in [0.15, 0.2) is 22.7 Å². The molecule has 0 radical (unpaired) electrons.